The van der Waals surface area contributed by atoms with Crippen LogP contribution in [-0.4, -0.2) is 57.2 Å². The molecule has 0 saturated carbocycles. The van der Waals surface area contributed by atoms with E-state index in [0.29, 0.717) is 22.3 Å². The summed E-state index contributed by atoms with van der Waals surface area (Å²) in [5.41, 5.74) is 1.50. The van der Waals surface area contributed by atoms with E-state index >= 15 is 0 Å². The molecule has 2 aliphatic heterocycles. The zero-order valence-corrected chi connectivity index (χ0v) is 15.8. The van der Waals surface area contributed by atoms with Crippen LogP contribution in [0.25, 0.3) is 11.3 Å². The van der Waals surface area contributed by atoms with Gasteiger partial charge in [-0.3, -0.25) is 4.90 Å². The molecule has 138 valence electrons. The Balaban J connectivity index is 1.65. The Morgan fingerprint density at radius 2 is 2.00 bits per heavy atom. The number of benzene rings is 1. The smallest absolute Gasteiger partial charge is 0.324 e. The van der Waals surface area contributed by atoms with Crippen LogP contribution in [0.2, 0.25) is 0 Å². The standard InChI is InChI=1S/C16H17N3O5S2/c1-23-13-4-3-9(5-14(13)24-2)10-6-25-16(18-10)19-12-8-26(21,22)7-11(12)17-15(19)20/h3-6,11-12H,7-8H2,1-2H3,(H,17,20)/t11-,12+/m1/s1. The lowest BCUT2D eigenvalue weighted by atomic mass is 10.1. The number of nitrogens with zero attached hydrogens (tertiary/aromatic N) is 2. The summed E-state index contributed by atoms with van der Waals surface area (Å²) in [5.74, 6) is 1.14. The van der Waals surface area contributed by atoms with Crippen molar-refractivity contribution >= 4 is 32.3 Å². The molecule has 4 rings (SSSR count). The van der Waals surface area contributed by atoms with Crippen molar-refractivity contribution in [1.82, 2.24) is 10.3 Å². The zero-order valence-electron chi connectivity index (χ0n) is 14.1. The SMILES string of the molecule is COc1ccc(-c2csc(N3C(=O)N[C@@H]4CS(=O)(=O)C[C@@H]43)n2)cc1OC. The van der Waals surface area contributed by atoms with E-state index in [9.17, 15) is 13.2 Å². The maximum absolute atomic E-state index is 12.3. The first kappa shape index (κ1) is 17.1. The predicted octanol–water partition coefficient (Wildman–Crippen LogP) is 1.52. The Bertz CT molecular complexity index is 972. The third-order valence-corrected chi connectivity index (χ3v) is 7.12. The van der Waals surface area contributed by atoms with Crippen LogP contribution in [0.4, 0.5) is 9.93 Å². The molecular formula is C16H17N3O5S2. The van der Waals surface area contributed by atoms with Gasteiger partial charge in [0.25, 0.3) is 0 Å². The third-order valence-electron chi connectivity index (χ3n) is 4.56. The van der Waals surface area contributed by atoms with Crippen LogP contribution in [0.1, 0.15) is 0 Å². The number of nitrogens with one attached hydrogen (secondary N) is 1. The highest BCUT2D eigenvalue weighted by molar-refractivity contribution is 7.91. The number of hydrogen-bond donors (Lipinski definition) is 1. The molecule has 0 aliphatic carbocycles. The Morgan fingerprint density at radius 3 is 2.73 bits per heavy atom. The molecule has 2 atom stereocenters. The van der Waals surface area contributed by atoms with Crippen molar-refractivity contribution in [2.75, 3.05) is 30.6 Å². The number of urea groups is 1. The summed E-state index contributed by atoms with van der Waals surface area (Å²) >= 11 is 1.30. The van der Waals surface area contributed by atoms with E-state index in [1.807, 2.05) is 17.5 Å². The Kier molecular flexibility index (Phi) is 4.03. The molecule has 0 unspecified atom stereocenters. The fourth-order valence-corrected chi connectivity index (χ4v) is 6.11. The summed E-state index contributed by atoms with van der Waals surface area (Å²) in [7, 11) is -0.0170. The van der Waals surface area contributed by atoms with Gasteiger partial charge in [0.2, 0.25) is 0 Å². The molecule has 3 heterocycles. The maximum atomic E-state index is 12.3. The molecule has 2 saturated heterocycles. The molecule has 1 aromatic heterocycles. The summed E-state index contributed by atoms with van der Waals surface area (Å²) in [6.45, 7) is 0. The van der Waals surface area contributed by atoms with Gasteiger partial charge in [0.05, 0.1) is 43.5 Å². The van der Waals surface area contributed by atoms with E-state index in [1.54, 1.807) is 20.3 Å². The monoisotopic (exact) mass is 395 g/mol. The number of carbonyl (C=O) groups is 1. The molecule has 8 nitrogen and oxygen atoms in total. The minimum atomic E-state index is -3.14. The number of hydrogen-bond acceptors (Lipinski definition) is 7. The van der Waals surface area contributed by atoms with Crippen molar-refractivity contribution in [3.05, 3.63) is 23.6 Å². The maximum Gasteiger partial charge on any atom is 0.324 e. The highest BCUT2D eigenvalue weighted by atomic mass is 32.2. The van der Waals surface area contributed by atoms with Crippen molar-refractivity contribution in [1.29, 1.82) is 0 Å². The van der Waals surface area contributed by atoms with Crippen LogP contribution in [0.5, 0.6) is 11.5 Å². The molecule has 2 amide bonds. The predicted molar refractivity (Wildman–Crippen MR) is 97.9 cm³/mol. The van der Waals surface area contributed by atoms with E-state index in [0.717, 1.165) is 5.56 Å². The highest BCUT2D eigenvalue weighted by Crippen LogP contribution is 2.36. The van der Waals surface area contributed by atoms with E-state index in [1.165, 1.54) is 16.2 Å². The fourth-order valence-electron chi connectivity index (χ4n) is 3.33. The largest absolute Gasteiger partial charge is 0.493 e. The third kappa shape index (κ3) is 2.78. The second kappa shape index (κ2) is 6.13. The van der Waals surface area contributed by atoms with Crippen LogP contribution in [0.3, 0.4) is 0 Å². The second-order valence-corrected chi connectivity index (χ2v) is 9.15. The Labute approximate surface area is 154 Å². The summed E-state index contributed by atoms with van der Waals surface area (Å²) in [6, 6.07) is 4.37. The first-order valence-corrected chi connectivity index (χ1v) is 10.6. The van der Waals surface area contributed by atoms with Gasteiger partial charge in [-0.25, -0.2) is 18.2 Å². The highest BCUT2D eigenvalue weighted by Gasteiger charge is 2.50. The molecule has 1 aromatic carbocycles. The van der Waals surface area contributed by atoms with Gasteiger partial charge in [0, 0.05) is 10.9 Å². The zero-order chi connectivity index (χ0) is 18.5. The average molecular weight is 395 g/mol. The van der Waals surface area contributed by atoms with E-state index in [2.05, 4.69) is 10.3 Å². The average Bonchev–Trinajstić information content (AvgIpc) is 3.26. The van der Waals surface area contributed by atoms with Crippen molar-refractivity contribution in [3.63, 3.8) is 0 Å². The number of methoxy groups -OCH3 is 2. The van der Waals surface area contributed by atoms with Crippen molar-refractivity contribution in [2.45, 2.75) is 12.1 Å². The number of sulfone groups is 1. The molecule has 2 aromatic rings. The number of fused-ring (bicyclic) bond motifs is 1. The lowest BCUT2D eigenvalue weighted by Gasteiger charge is -2.17. The van der Waals surface area contributed by atoms with Gasteiger partial charge in [0.1, 0.15) is 0 Å². The van der Waals surface area contributed by atoms with Crippen LogP contribution in [-0.2, 0) is 9.84 Å². The number of anilines is 1. The lowest BCUT2D eigenvalue weighted by Crippen LogP contribution is -2.36. The molecule has 0 radical (unpaired) electrons. The molecule has 0 spiro atoms. The molecule has 2 aliphatic rings. The summed E-state index contributed by atoms with van der Waals surface area (Å²) in [4.78, 5) is 18.3. The summed E-state index contributed by atoms with van der Waals surface area (Å²) < 4.78 is 34.3. The Morgan fingerprint density at radius 1 is 1.23 bits per heavy atom. The van der Waals surface area contributed by atoms with Crippen LogP contribution < -0.4 is 19.7 Å². The van der Waals surface area contributed by atoms with Gasteiger partial charge in [0.15, 0.2) is 26.5 Å². The van der Waals surface area contributed by atoms with Crippen molar-refractivity contribution in [2.24, 2.45) is 0 Å². The number of rotatable bonds is 4. The van der Waals surface area contributed by atoms with Crippen LogP contribution in [0.15, 0.2) is 23.6 Å². The topological polar surface area (TPSA) is 97.8 Å². The number of amides is 2. The van der Waals surface area contributed by atoms with E-state index in [4.69, 9.17) is 9.47 Å². The second-order valence-electron chi connectivity index (χ2n) is 6.16. The summed E-state index contributed by atoms with van der Waals surface area (Å²) in [5, 5.41) is 5.06. The van der Waals surface area contributed by atoms with E-state index in [-0.39, 0.29) is 23.6 Å². The first-order valence-electron chi connectivity index (χ1n) is 7.90. The number of carbonyl (C=O) groups excluding carboxylic acids is 1. The number of ether oxygens (including phenoxy) is 2. The van der Waals surface area contributed by atoms with E-state index < -0.39 is 15.9 Å². The normalized spacial score (nSPS) is 23.6. The van der Waals surface area contributed by atoms with Crippen LogP contribution in [0, 0.1) is 0 Å². The van der Waals surface area contributed by atoms with Gasteiger partial charge < -0.3 is 14.8 Å². The van der Waals surface area contributed by atoms with Crippen molar-refractivity contribution < 1.29 is 22.7 Å². The molecule has 0 bridgehead atoms. The quantitative estimate of drug-likeness (QED) is 0.789. The minimum absolute atomic E-state index is 0.0200. The molecule has 2 fully saturated rings. The van der Waals surface area contributed by atoms with Crippen molar-refractivity contribution in [3.8, 4) is 22.8 Å². The number of thiazole rings is 1. The molecule has 1 N–H and O–H groups in total. The van der Waals surface area contributed by atoms with Crippen LogP contribution >= 0.6 is 11.3 Å². The number of aromatic nitrogens is 1. The molecule has 26 heavy (non-hydrogen) atoms. The van der Waals surface area contributed by atoms with Gasteiger partial charge in [-0.05, 0) is 18.2 Å². The lowest BCUT2D eigenvalue weighted by molar-refractivity contribution is 0.251. The molecule has 10 heteroatoms. The van der Waals surface area contributed by atoms with Gasteiger partial charge in [-0.1, -0.05) is 0 Å². The first-order chi connectivity index (χ1) is 12.4. The van der Waals surface area contributed by atoms with Gasteiger partial charge in [-0.2, -0.15) is 0 Å². The minimum Gasteiger partial charge on any atom is -0.493 e. The summed E-state index contributed by atoms with van der Waals surface area (Å²) in [6.07, 6.45) is 0. The Hall–Kier alpha value is -2.33. The molecular weight excluding hydrogens is 378 g/mol. The van der Waals surface area contributed by atoms with Gasteiger partial charge >= 0.3 is 6.03 Å². The fraction of sp³-hybridized carbons (Fsp3) is 0.375. The van der Waals surface area contributed by atoms with Gasteiger partial charge in [-0.15, -0.1) is 11.3 Å².